The zero-order valence-electron chi connectivity index (χ0n) is 34.2. The number of fused-ring (bicyclic) bond motifs is 2. The van der Waals surface area contributed by atoms with Crippen molar-refractivity contribution in [2.24, 2.45) is 11.8 Å². The standard InChI is InChI=1S/C42H56N8O9/c1-23(2)12-13-25-14-15-26(18-32(25)59-5)38(54)37-41(57)46-20-33(51)47-30(17-27-19-43-29-10-7-6-9-28(27)29)42(58)50-16-8-11-31(50)39(55)44-21-34(52)48-36(24(3)4)40(56)45-22-35(53)49-37/h6-7,9-10,14-15,18-19,23-24,30-31,36-38,43,54H,8,11-13,16-17,20-22H2,1-5H3,(H,44,55)(H,45,56)(H,46,57)(H,47,51)(H,48,52)(H,49,53)/t30-,31-,36-,37?,38?/m0/s1. The number of rotatable bonds is 9. The number of H-pyrrole nitrogens is 1. The molecular weight excluding hydrogens is 761 g/mol. The number of aliphatic hydroxyl groups excluding tert-OH is 1. The summed E-state index contributed by atoms with van der Waals surface area (Å²) in [5.41, 5.74) is 2.68. The molecule has 5 atom stereocenters. The Kier molecular flexibility index (Phi) is 15.1. The number of amides is 7. The molecule has 0 aliphatic carbocycles. The normalized spacial score (nSPS) is 22.4. The number of aliphatic hydroxyl groups is 1. The van der Waals surface area contributed by atoms with Crippen LogP contribution in [0.4, 0.5) is 0 Å². The number of para-hydroxylation sites is 1. The highest BCUT2D eigenvalue weighted by molar-refractivity contribution is 5.97. The van der Waals surface area contributed by atoms with E-state index in [1.54, 1.807) is 38.2 Å². The van der Waals surface area contributed by atoms with Crippen molar-refractivity contribution in [3.63, 3.8) is 0 Å². The molecule has 1 aromatic heterocycles. The number of nitrogens with one attached hydrogen (secondary N) is 7. The smallest absolute Gasteiger partial charge is 0.246 e. The summed E-state index contributed by atoms with van der Waals surface area (Å²) in [6.45, 7) is 6.04. The molecule has 17 nitrogen and oxygen atoms in total. The van der Waals surface area contributed by atoms with Crippen molar-refractivity contribution in [3.05, 3.63) is 65.4 Å². The molecule has 2 fully saturated rings. The lowest BCUT2D eigenvalue weighted by Gasteiger charge is -2.29. The van der Waals surface area contributed by atoms with Crippen molar-refractivity contribution in [2.75, 3.05) is 33.3 Å². The van der Waals surface area contributed by atoms with Gasteiger partial charge in [-0.3, -0.25) is 33.6 Å². The van der Waals surface area contributed by atoms with Crippen LogP contribution in [-0.2, 0) is 46.4 Å². The summed E-state index contributed by atoms with van der Waals surface area (Å²) in [5, 5.41) is 27.8. The van der Waals surface area contributed by atoms with E-state index in [9.17, 15) is 38.7 Å². The van der Waals surface area contributed by atoms with Gasteiger partial charge in [0, 0.05) is 30.1 Å². The Bertz CT molecular complexity index is 2030. The number of carbonyl (C=O) groups is 7. The molecule has 5 rings (SSSR count). The van der Waals surface area contributed by atoms with Gasteiger partial charge in [0.2, 0.25) is 41.4 Å². The molecule has 3 aromatic rings. The minimum absolute atomic E-state index is 0.0415. The van der Waals surface area contributed by atoms with E-state index in [1.807, 2.05) is 24.3 Å². The van der Waals surface area contributed by atoms with Crippen LogP contribution in [0.5, 0.6) is 5.75 Å². The van der Waals surface area contributed by atoms with E-state index < -0.39 is 97.2 Å². The van der Waals surface area contributed by atoms with Gasteiger partial charge in [-0.05, 0) is 66.3 Å². The summed E-state index contributed by atoms with van der Waals surface area (Å²) in [4.78, 5) is 99.3. The molecule has 2 saturated heterocycles. The van der Waals surface area contributed by atoms with Gasteiger partial charge >= 0.3 is 0 Å². The minimum atomic E-state index is -1.65. The van der Waals surface area contributed by atoms with Crippen LogP contribution in [0.2, 0.25) is 0 Å². The van der Waals surface area contributed by atoms with Gasteiger partial charge < -0.3 is 51.6 Å². The maximum Gasteiger partial charge on any atom is 0.246 e. The highest BCUT2D eigenvalue weighted by atomic mass is 16.5. The maximum atomic E-state index is 14.3. The number of aromatic amines is 1. The molecule has 2 unspecified atom stereocenters. The van der Waals surface area contributed by atoms with Crippen LogP contribution in [0, 0.1) is 11.8 Å². The zero-order valence-corrected chi connectivity index (χ0v) is 34.2. The van der Waals surface area contributed by atoms with E-state index in [0.717, 1.165) is 28.5 Å². The van der Waals surface area contributed by atoms with Crippen molar-refractivity contribution >= 4 is 52.3 Å². The predicted molar refractivity (Wildman–Crippen MR) is 218 cm³/mol. The van der Waals surface area contributed by atoms with Crippen LogP contribution < -0.4 is 36.6 Å². The number of methoxy groups -OCH3 is 1. The van der Waals surface area contributed by atoms with Crippen LogP contribution in [0.1, 0.15) is 69.8 Å². The number of ether oxygens (including phenoxy) is 1. The first-order chi connectivity index (χ1) is 28.2. The second-order valence-corrected chi connectivity index (χ2v) is 15.8. The van der Waals surface area contributed by atoms with Gasteiger partial charge in [0.15, 0.2) is 0 Å². The molecule has 2 aliphatic heterocycles. The quantitative estimate of drug-likeness (QED) is 0.150. The molecular formula is C42H56N8O9. The Morgan fingerprint density at radius 2 is 1.41 bits per heavy atom. The number of aryl methyl sites for hydroxylation is 1. The molecule has 318 valence electrons. The van der Waals surface area contributed by atoms with E-state index in [2.05, 4.69) is 50.7 Å². The van der Waals surface area contributed by atoms with Crippen molar-refractivity contribution in [1.29, 1.82) is 0 Å². The Balaban J connectivity index is 1.45. The average molecular weight is 817 g/mol. The fourth-order valence-corrected chi connectivity index (χ4v) is 7.37. The first-order valence-corrected chi connectivity index (χ1v) is 20.1. The molecule has 8 N–H and O–H groups in total. The van der Waals surface area contributed by atoms with Crippen LogP contribution >= 0.6 is 0 Å². The average Bonchev–Trinajstić information content (AvgIpc) is 3.88. The summed E-state index contributed by atoms with van der Waals surface area (Å²) >= 11 is 0. The lowest BCUT2D eigenvalue weighted by atomic mass is 9.96. The topological polar surface area (TPSA) is 240 Å². The highest BCUT2D eigenvalue weighted by Crippen LogP contribution is 2.28. The number of hydrogen-bond acceptors (Lipinski definition) is 9. The molecule has 0 bridgehead atoms. The monoisotopic (exact) mass is 816 g/mol. The molecule has 0 saturated carbocycles. The van der Waals surface area contributed by atoms with Crippen molar-refractivity contribution in [1.82, 2.24) is 41.8 Å². The lowest BCUT2D eigenvalue weighted by Crippen LogP contribution is -2.56. The molecule has 0 spiro atoms. The fraction of sp³-hybridized carbons (Fsp3) is 0.500. The highest BCUT2D eigenvalue weighted by Gasteiger charge is 2.39. The molecule has 0 radical (unpaired) electrons. The van der Waals surface area contributed by atoms with Gasteiger partial charge in [-0.15, -0.1) is 0 Å². The number of carbonyl (C=O) groups excluding carboxylic acids is 7. The van der Waals surface area contributed by atoms with Gasteiger partial charge in [0.1, 0.15) is 36.0 Å². The van der Waals surface area contributed by atoms with Crippen LogP contribution in [-0.4, -0.2) is 114 Å². The van der Waals surface area contributed by atoms with Crippen LogP contribution in [0.3, 0.4) is 0 Å². The Labute approximate surface area is 343 Å². The molecule has 59 heavy (non-hydrogen) atoms. The summed E-state index contributed by atoms with van der Waals surface area (Å²) in [5.74, 6) is -4.52. The van der Waals surface area contributed by atoms with Crippen LogP contribution in [0.15, 0.2) is 48.7 Å². The fourth-order valence-electron chi connectivity index (χ4n) is 7.37. The van der Waals surface area contributed by atoms with Crippen molar-refractivity contribution < 1.29 is 43.4 Å². The Hall–Kier alpha value is -5.97. The Morgan fingerprint density at radius 3 is 2.07 bits per heavy atom. The second kappa shape index (κ2) is 20.1. The summed E-state index contributed by atoms with van der Waals surface area (Å²) in [7, 11) is 1.49. The number of hydrogen-bond donors (Lipinski definition) is 8. The van der Waals surface area contributed by atoms with E-state index in [0.29, 0.717) is 30.9 Å². The van der Waals surface area contributed by atoms with E-state index >= 15 is 0 Å². The number of nitrogens with zero attached hydrogens (tertiary/aromatic N) is 1. The van der Waals surface area contributed by atoms with E-state index in [-0.39, 0.29) is 18.5 Å². The number of aromatic nitrogens is 1. The van der Waals surface area contributed by atoms with Gasteiger partial charge in [-0.2, -0.15) is 0 Å². The van der Waals surface area contributed by atoms with Gasteiger partial charge in [0.25, 0.3) is 0 Å². The van der Waals surface area contributed by atoms with E-state index in [4.69, 9.17) is 4.74 Å². The third-order valence-electron chi connectivity index (χ3n) is 10.7. The first kappa shape index (κ1) is 44.1. The summed E-state index contributed by atoms with van der Waals surface area (Å²) < 4.78 is 5.60. The summed E-state index contributed by atoms with van der Waals surface area (Å²) in [6.07, 6.45) is 2.55. The first-order valence-electron chi connectivity index (χ1n) is 20.1. The second-order valence-electron chi connectivity index (χ2n) is 15.8. The zero-order chi connectivity index (χ0) is 42.8. The molecule has 7 amide bonds. The molecule has 3 heterocycles. The number of benzene rings is 2. The molecule has 2 aromatic carbocycles. The van der Waals surface area contributed by atoms with Crippen molar-refractivity contribution in [2.45, 2.75) is 90.1 Å². The van der Waals surface area contributed by atoms with Crippen LogP contribution in [0.25, 0.3) is 10.9 Å². The largest absolute Gasteiger partial charge is 0.496 e. The maximum absolute atomic E-state index is 14.3. The van der Waals surface area contributed by atoms with E-state index in [1.165, 1.54) is 12.0 Å². The molecule has 2 aliphatic rings. The SMILES string of the molecule is COc1cc(C(O)C2NC(=O)CNC(=O)[C@H](C(C)C)NC(=O)CNC(=O)[C@@H]3CCCN3C(=O)[C@H](Cc3c[nH]c4ccccc34)NC(=O)CNC2=O)ccc1CCC(C)C. The summed E-state index contributed by atoms with van der Waals surface area (Å²) in [6, 6.07) is 7.58. The predicted octanol–water partition coefficient (Wildman–Crippen LogP) is 0.505. The molecule has 17 heteroatoms. The van der Waals surface area contributed by atoms with Gasteiger partial charge in [0.05, 0.1) is 26.7 Å². The third-order valence-corrected chi connectivity index (χ3v) is 10.7. The Morgan fingerprint density at radius 1 is 0.780 bits per heavy atom. The lowest BCUT2D eigenvalue weighted by molar-refractivity contribution is -0.141. The van der Waals surface area contributed by atoms with Gasteiger partial charge in [-0.25, -0.2) is 0 Å². The van der Waals surface area contributed by atoms with Crippen molar-refractivity contribution in [3.8, 4) is 5.75 Å². The third kappa shape index (κ3) is 11.4. The van der Waals surface area contributed by atoms with Gasteiger partial charge in [-0.1, -0.05) is 58.0 Å². The minimum Gasteiger partial charge on any atom is -0.496 e.